The average Bonchev–Trinajstić information content (AvgIpc) is 2.72. The minimum Gasteiger partial charge on any atom is -0.497 e. The molecule has 0 heterocycles. The molecule has 0 spiro atoms. The van der Waals surface area contributed by atoms with Gasteiger partial charge in [0.25, 0.3) is 0 Å². The lowest BCUT2D eigenvalue weighted by molar-refractivity contribution is -0.137. The van der Waals surface area contributed by atoms with Crippen LogP contribution in [0.4, 0.5) is 13.2 Å². The Morgan fingerprint density at radius 2 is 1.72 bits per heavy atom. The van der Waals surface area contributed by atoms with E-state index < -0.39 is 11.7 Å². The van der Waals surface area contributed by atoms with Gasteiger partial charge in [0.05, 0.1) is 12.7 Å². The summed E-state index contributed by atoms with van der Waals surface area (Å²) in [6.07, 6.45) is -4.33. The van der Waals surface area contributed by atoms with Gasteiger partial charge in [-0.1, -0.05) is 30.3 Å². The predicted molar refractivity (Wildman–Crippen MR) is 118 cm³/mol. The number of ether oxygens (including phenoxy) is 1. The molecular weight excluding hydrogens is 490 g/mol. The maximum Gasteiger partial charge on any atom is 0.416 e. The second kappa shape index (κ2) is 9.17. The van der Waals surface area contributed by atoms with Crippen LogP contribution in [0, 0.1) is 3.57 Å². The van der Waals surface area contributed by atoms with Gasteiger partial charge in [0.1, 0.15) is 5.75 Å². The SMILES string of the molecule is COc1cccc(C(C)NCc2ccc(I)c(-c3ccc(C(F)(F)F)cc3)c2)c1. The van der Waals surface area contributed by atoms with E-state index in [4.69, 9.17) is 4.74 Å². The molecule has 1 atom stereocenters. The molecule has 0 bridgehead atoms. The van der Waals surface area contributed by atoms with E-state index >= 15 is 0 Å². The highest BCUT2D eigenvalue weighted by atomic mass is 127. The zero-order valence-electron chi connectivity index (χ0n) is 16.1. The fourth-order valence-electron chi connectivity index (χ4n) is 3.04. The van der Waals surface area contributed by atoms with Crippen molar-refractivity contribution in [3.63, 3.8) is 0 Å². The summed E-state index contributed by atoms with van der Waals surface area (Å²) < 4.78 is 44.7. The number of hydrogen-bond donors (Lipinski definition) is 1. The molecule has 3 aromatic rings. The first-order chi connectivity index (χ1) is 13.8. The number of rotatable bonds is 6. The molecule has 3 rings (SSSR count). The highest BCUT2D eigenvalue weighted by Gasteiger charge is 2.30. The highest BCUT2D eigenvalue weighted by molar-refractivity contribution is 14.1. The van der Waals surface area contributed by atoms with E-state index in [9.17, 15) is 13.2 Å². The van der Waals surface area contributed by atoms with Gasteiger partial charge in [-0.15, -0.1) is 0 Å². The Balaban J connectivity index is 1.75. The number of halogens is 4. The summed E-state index contributed by atoms with van der Waals surface area (Å²) in [4.78, 5) is 0. The van der Waals surface area contributed by atoms with Crippen molar-refractivity contribution < 1.29 is 17.9 Å². The molecule has 1 unspecified atom stereocenters. The molecule has 0 aliphatic carbocycles. The topological polar surface area (TPSA) is 21.3 Å². The minimum absolute atomic E-state index is 0.124. The van der Waals surface area contributed by atoms with Gasteiger partial charge < -0.3 is 10.1 Å². The Morgan fingerprint density at radius 3 is 2.38 bits per heavy atom. The molecule has 1 N–H and O–H groups in total. The van der Waals surface area contributed by atoms with Crippen LogP contribution in [0.15, 0.2) is 66.7 Å². The molecule has 6 heteroatoms. The third kappa shape index (κ3) is 5.51. The molecule has 0 radical (unpaired) electrons. The first-order valence-electron chi connectivity index (χ1n) is 9.11. The number of alkyl halides is 3. The van der Waals surface area contributed by atoms with Crippen LogP contribution in [0.2, 0.25) is 0 Å². The lowest BCUT2D eigenvalue weighted by Crippen LogP contribution is -2.18. The number of hydrogen-bond acceptors (Lipinski definition) is 2. The van der Waals surface area contributed by atoms with Gasteiger partial charge in [-0.3, -0.25) is 0 Å². The van der Waals surface area contributed by atoms with Crippen LogP contribution in [0.3, 0.4) is 0 Å². The Hall–Kier alpha value is -2.06. The fraction of sp³-hybridized carbons (Fsp3) is 0.217. The quantitative estimate of drug-likeness (QED) is 0.366. The van der Waals surface area contributed by atoms with Gasteiger partial charge >= 0.3 is 6.18 Å². The van der Waals surface area contributed by atoms with E-state index in [1.807, 2.05) is 42.5 Å². The number of benzene rings is 3. The first-order valence-corrected chi connectivity index (χ1v) is 10.2. The summed E-state index contributed by atoms with van der Waals surface area (Å²) in [5.41, 5.74) is 3.24. The molecule has 2 nitrogen and oxygen atoms in total. The smallest absolute Gasteiger partial charge is 0.416 e. The van der Waals surface area contributed by atoms with Gasteiger partial charge in [0.2, 0.25) is 0 Å². The largest absolute Gasteiger partial charge is 0.497 e. The third-order valence-electron chi connectivity index (χ3n) is 4.76. The fourth-order valence-corrected chi connectivity index (χ4v) is 3.69. The van der Waals surface area contributed by atoms with Gasteiger partial charge in [0.15, 0.2) is 0 Å². The predicted octanol–water partition coefficient (Wildman–Crippen LogP) is 6.84. The maximum absolute atomic E-state index is 12.8. The first kappa shape index (κ1) is 21.6. The van der Waals surface area contributed by atoms with Gasteiger partial charge in [-0.05, 0) is 88.2 Å². The zero-order chi connectivity index (χ0) is 21.0. The molecule has 0 aromatic heterocycles. The van der Waals surface area contributed by atoms with E-state index in [0.717, 1.165) is 43.7 Å². The van der Waals surface area contributed by atoms with Crippen LogP contribution < -0.4 is 10.1 Å². The lowest BCUT2D eigenvalue weighted by atomic mass is 10.0. The van der Waals surface area contributed by atoms with Crippen LogP contribution in [0.5, 0.6) is 5.75 Å². The van der Waals surface area contributed by atoms with Crippen molar-refractivity contribution in [2.24, 2.45) is 0 Å². The van der Waals surface area contributed by atoms with Crippen LogP contribution >= 0.6 is 22.6 Å². The van der Waals surface area contributed by atoms with Gasteiger partial charge in [-0.25, -0.2) is 0 Å². The molecule has 0 amide bonds. The Labute approximate surface area is 182 Å². The molecule has 3 aromatic carbocycles. The number of nitrogens with one attached hydrogen (secondary N) is 1. The lowest BCUT2D eigenvalue weighted by Gasteiger charge is -2.16. The minimum atomic E-state index is -4.33. The Bertz CT molecular complexity index is 971. The molecule has 0 aliphatic heterocycles. The van der Waals surface area contributed by atoms with Crippen molar-refractivity contribution in [1.29, 1.82) is 0 Å². The van der Waals surface area contributed by atoms with Crippen LogP contribution in [-0.2, 0) is 12.7 Å². The summed E-state index contributed by atoms with van der Waals surface area (Å²) in [5.74, 6) is 0.815. The Kier molecular flexibility index (Phi) is 6.85. The van der Waals surface area contributed by atoms with E-state index in [1.165, 1.54) is 12.1 Å². The molecule has 0 saturated carbocycles. The van der Waals surface area contributed by atoms with Crippen molar-refractivity contribution in [1.82, 2.24) is 5.32 Å². The standard InChI is InChI=1S/C23H21F3INO/c1-15(18-4-3-5-20(13-18)29-2)28-14-16-6-11-22(27)21(12-16)17-7-9-19(10-8-17)23(24,25)26/h3-13,15,28H,14H2,1-2H3. The highest BCUT2D eigenvalue weighted by Crippen LogP contribution is 2.32. The van der Waals surface area contributed by atoms with Crippen molar-refractivity contribution in [2.45, 2.75) is 25.7 Å². The molecule has 0 aliphatic rings. The monoisotopic (exact) mass is 511 g/mol. The summed E-state index contributed by atoms with van der Waals surface area (Å²) in [7, 11) is 1.64. The second-order valence-corrected chi connectivity index (χ2v) is 7.93. The van der Waals surface area contributed by atoms with Crippen molar-refractivity contribution >= 4 is 22.6 Å². The molecule has 152 valence electrons. The van der Waals surface area contributed by atoms with E-state index in [2.05, 4.69) is 34.8 Å². The van der Waals surface area contributed by atoms with Crippen LogP contribution in [-0.4, -0.2) is 7.11 Å². The molecule has 29 heavy (non-hydrogen) atoms. The Morgan fingerprint density at radius 1 is 1.00 bits per heavy atom. The summed E-state index contributed by atoms with van der Waals surface area (Å²) in [6.45, 7) is 2.72. The third-order valence-corrected chi connectivity index (χ3v) is 5.70. The molecular formula is C23H21F3INO. The normalized spacial score (nSPS) is 12.6. The van der Waals surface area contributed by atoms with Crippen molar-refractivity contribution in [2.75, 3.05) is 7.11 Å². The van der Waals surface area contributed by atoms with Gasteiger partial charge in [0, 0.05) is 16.2 Å². The molecule has 0 fully saturated rings. The summed E-state index contributed by atoms with van der Waals surface area (Å²) in [6, 6.07) is 19.4. The zero-order valence-corrected chi connectivity index (χ0v) is 18.2. The molecule has 0 saturated heterocycles. The van der Waals surface area contributed by atoms with E-state index in [0.29, 0.717) is 6.54 Å². The number of methoxy groups -OCH3 is 1. The van der Waals surface area contributed by atoms with Crippen molar-refractivity contribution in [3.8, 4) is 16.9 Å². The maximum atomic E-state index is 12.8. The second-order valence-electron chi connectivity index (χ2n) is 6.77. The average molecular weight is 511 g/mol. The van der Waals surface area contributed by atoms with Crippen LogP contribution in [0.1, 0.15) is 29.7 Å². The summed E-state index contributed by atoms with van der Waals surface area (Å²) in [5, 5.41) is 3.49. The van der Waals surface area contributed by atoms with E-state index in [-0.39, 0.29) is 6.04 Å². The van der Waals surface area contributed by atoms with E-state index in [1.54, 1.807) is 7.11 Å². The van der Waals surface area contributed by atoms with Crippen LogP contribution in [0.25, 0.3) is 11.1 Å². The summed E-state index contributed by atoms with van der Waals surface area (Å²) >= 11 is 2.21. The van der Waals surface area contributed by atoms with Gasteiger partial charge in [-0.2, -0.15) is 13.2 Å². The van der Waals surface area contributed by atoms with Crippen molar-refractivity contribution in [3.05, 3.63) is 87.0 Å².